The number of hydrogen-bond donors (Lipinski definition) is 2. The van der Waals surface area contributed by atoms with E-state index >= 15 is 0 Å². The van der Waals surface area contributed by atoms with Crippen molar-refractivity contribution in [2.75, 3.05) is 13.1 Å². The van der Waals surface area contributed by atoms with Crippen LogP contribution in [0.4, 0.5) is 0 Å². The number of aromatic nitrogens is 1. The Bertz CT molecular complexity index is 1120. The van der Waals surface area contributed by atoms with Crippen LogP contribution in [-0.4, -0.2) is 44.9 Å². The van der Waals surface area contributed by atoms with Gasteiger partial charge in [-0.05, 0) is 56.0 Å². The van der Waals surface area contributed by atoms with E-state index in [-0.39, 0.29) is 5.56 Å². The van der Waals surface area contributed by atoms with Gasteiger partial charge in [0.25, 0.3) is 5.56 Å². The molecule has 8 nitrogen and oxygen atoms in total. The first-order valence-corrected chi connectivity index (χ1v) is 10.9. The molecule has 0 atom stereocenters. The zero-order valence-electron chi connectivity index (χ0n) is 18.3. The van der Waals surface area contributed by atoms with Gasteiger partial charge >= 0.3 is 11.9 Å². The quantitative estimate of drug-likeness (QED) is 0.527. The van der Waals surface area contributed by atoms with Crippen molar-refractivity contribution < 1.29 is 24.3 Å². The maximum atomic E-state index is 12.3. The molecule has 1 fully saturated rings. The number of aliphatic carboxylic acids is 2. The minimum atomic E-state index is -1.26. The number of benzene rings is 2. The predicted molar refractivity (Wildman–Crippen MR) is 124 cm³/mol. The predicted octanol–water partition coefficient (Wildman–Crippen LogP) is 3.61. The molecular weight excluding hydrogens is 424 g/mol. The molecule has 2 aromatic carbocycles. The zero-order chi connectivity index (χ0) is 23.6. The molecule has 0 bridgehead atoms. The van der Waals surface area contributed by atoms with E-state index in [1.165, 1.54) is 23.1 Å². The van der Waals surface area contributed by atoms with Gasteiger partial charge in [-0.3, -0.25) is 9.69 Å². The normalized spacial score (nSPS) is 14.8. The Hall–Kier alpha value is -3.65. The third-order valence-electron chi connectivity index (χ3n) is 5.62. The highest BCUT2D eigenvalue weighted by atomic mass is 16.5. The van der Waals surface area contributed by atoms with Crippen molar-refractivity contribution >= 4 is 22.9 Å². The molecule has 3 aromatic rings. The number of carboxylic acid groups (broad SMARTS) is 2. The lowest BCUT2D eigenvalue weighted by atomic mass is 9.93. The average molecular weight is 453 g/mol. The van der Waals surface area contributed by atoms with Crippen LogP contribution in [0.5, 0.6) is 0 Å². The minimum Gasteiger partial charge on any atom is -0.478 e. The molecule has 0 spiro atoms. The van der Waals surface area contributed by atoms with E-state index in [1.54, 1.807) is 0 Å². The molecule has 0 amide bonds. The van der Waals surface area contributed by atoms with E-state index in [2.05, 4.69) is 35.2 Å². The molecule has 0 saturated carbocycles. The fraction of sp³-hybridized carbons (Fsp3) is 0.320. The van der Waals surface area contributed by atoms with E-state index in [1.807, 2.05) is 24.3 Å². The highest BCUT2D eigenvalue weighted by molar-refractivity contribution is 5.89. The smallest absolute Gasteiger partial charge is 0.328 e. The van der Waals surface area contributed by atoms with Crippen LogP contribution < -0.4 is 5.56 Å². The molecule has 2 N–H and O–H groups in total. The largest absolute Gasteiger partial charge is 0.478 e. The number of nitrogens with zero attached hydrogens (tertiary/aromatic N) is 2. The molecule has 1 saturated heterocycles. The Balaban J connectivity index is 0.000000331. The highest BCUT2D eigenvalue weighted by Crippen LogP contribution is 2.22. The standard InChI is InChI=1S/C21H24N2O2.C4H4O4/c24-21-19-8-4-5-9-20(19)25-23(21)15-12-17-10-13-22(14-11-17)16-18-6-2-1-3-7-18;5-3(6)1-2-4(7)8/h1-9,17H,10-16H2;1-2H,(H,5,6)(H,7,8). The molecule has 2 heterocycles. The summed E-state index contributed by atoms with van der Waals surface area (Å²) < 4.78 is 7.21. The van der Waals surface area contributed by atoms with E-state index < -0.39 is 11.9 Å². The lowest BCUT2D eigenvalue weighted by molar-refractivity contribution is -0.134. The first kappa shape index (κ1) is 24.0. The van der Waals surface area contributed by atoms with Gasteiger partial charge in [0.1, 0.15) is 0 Å². The second-order valence-electron chi connectivity index (χ2n) is 8.00. The lowest BCUT2D eigenvalue weighted by Gasteiger charge is -2.31. The number of carboxylic acids is 2. The van der Waals surface area contributed by atoms with Gasteiger partial charge in [-0.15, -0.1) is 0 Å². The number of aryl methyl sites for hydroxylation is 1. The summed E-state index contributed by atoms with van der Waals surface area (Å²) >= 11 is 0. The van der Waals surface area contributed by atoms with E-state index in [9.17, 15) is 14.4 Å². The molecular formula is C25H28N2O6. The zero-order valence-corrected chi connectivity index (χ0v) is 18.3. The molecule has 1 aliphatic heterocycles. The van der Waals surface area contributed by atoms with Crippen molar-refractivity contribution in [3.63, 3.8) is 0 Å². The SMILES string of the molecule is O=C(O)C=CC(=O)O.O=c1c2ccccc2on1CCC1CCN(Cc2ccccc2)CC1. The van der Waals surface area contributed by atoms with Gasteiger partial charge in [0, 0.05) is 18.7 Å². The Kier molecular flexibility index (Phi) is 8.60. The van der Waals surface area contributed by atoms with Crippen molar-refractivity contribution in [2.24, 2.45) is 5.92 Å². The van der Waals surface area contributed by atoms with Crippen LogP contribution >= 0.6 is 0 Å². The molecule has 0 radical (unpaired) electrons. The summed E-state index contributed by atoms with van der Waals surface area (Å²) in [5.74, 6) is -1.84. The van der Waals surface area contributed by atoms with Crippen LogP contribution in [0.1, 0.15) is 24.8 Å². The summed E-state index contributed by atoms with van der Waals surface area (Å²) in [5.41, 5.74) is 2.07. The van der Waals surface area contributed by atoms with Crippen molar-refractivity contribution in [3.8, 4) is 0 Å². The minimum absolute atomic E-state index is 0.00267. The number of rotatable bonds is 7. The fourth-order valence-corrected chi connectivity index (χ4v) is 3.88. The molecule has 0 unspecified atom stereocenters. The second-order valence-corrected chi connectivity index (χ2v) is 8.00. The summed E-state index contributed by atoms with van der Waals surface area (Å²) in [6, 6.07) is 18.1. The van der Waals surface area contributed by atoms with Crippen LogP contribution in [0.15, 0.2) is 76.1 Å². The summed E-state index contributed by atoms with van der Waals surface area (Å²) in [7, 11) is 0. The van der Waals surface area contributed by atoms with Crippen molar-refractivity contribution in [3.05, 3.63) is 82.7 Å². The van der Waals surface area contributed by atoms with Crippen LogP contribution in [0, 0.1) is 5.92 Å². The second kappa shape index (κ2) is 11.8. The maximum Gasteiger partial charge on any atom is 0.328 e. The van der Waals surface area contributed by atoms with E-state index in [4.69, 9.17) is 14.7 Å². The van der Waals surface area contributed by atoms with E-state index in [0.717, 1.165) is 26.1 Å². The van der Waals surface area contributed by atoms with Gasteiger partial charge in [-0.1, -0.05) is 42.5 Å². The molecule has 0 aliphatic carbocycles. The van der Waals surface area contributed by atoms with Crippen molar-refractivity contribution in [1.29, 1.82) is 0 Å². The lowest BCUT2D eigenvalue weighted by Crippen LogP contribution is -2.33. The number of piperidine rings is 1. The summed E-state index contributed by atoms with van der Waals surface area (Å²) in [5, 5.41) is 16.3. The molecule has 8 heteroatoms. The molecule has 1 aliphatic rings. The molecule has 33 heavy (non-hydrogen) atoms. The van der Waals surface area contributed by atoms with Gasteiger partial charge in [-0.25, -0.2) is 9.59 Å². The van der Waals surface area contributed by atoms with Gasteiger partial charge < -0.3 is 14.7 Å². The van der Waals surface area contributed by atoms with Gasteiger partial charge in [0.15, 0.2) is 5.58 Å². The Morgan fingerprint density at radius 2 is 1.55 bits per heavy atom. The topological polar surface area (TPSA) is 113 Å². The van der Waals surface area contributed by atoms with Crippen LogP contribution in [0.3, 0.4) is 0 Å². The number of fused-ring (bicyclic) bond motifs is 1. The number of carbonyl (C=O) groups is 2. The molecule has 174 valence electrons. The third kappa shape index (κ3) is 7.47. The van der Waals surface area contributed by atoms with Gasteiger partial charge in [-0.2, -0.15) is 4.74 Å². The Labute approximate surface area is 191 Å². The maximum absolute atomic E-state index is 12.3. The fourth-order valence-electron chi connectivity index (χ4n) is 3.88. The average Bonchev–Trinajstić information content (AvgIpc) is 3.14. The van der Waals surface area contributed by atoms with Crippen molar-refractivity contribution in [1.82, 2.24) is 9.64 Å². The Morgan fingerprint density at radius 3 is 2.15 bits per heavy atom. The molecule has 1 aromatic heterocycles. The highest BCUT2D eigenvalue weighted by Gasteiger charge is 2.20. The molecule has 4 rings (SSSR count). The summed E-state index contributed by atoms with van der Waals surface area (Å²) in [4.78, 5) is 34.0. The van der Waals surface area contributed by atoms with Crippen LogP contribution in [-0.2, 0) is 22.7 Å². The first-order chi connectivity index (χ1) is 15.9. The monoisotopic (exact) mass is 452 g/mol. The third-order valence-corrected chi connectivity index (χ3v) is 5.62. The van der Waals surface area contributed by atoms with Crippen LogP contribution in [0.2, 0.25) is 0 Å². The number of hydrogen-bond acceptors (Lipinski definition) is 5. The van der Waals surface area contributed by atoms with Gasteiger partial charge in [0.05, 0.1) is 11.9 Å². The van der Waals surface area contributed by atoms with Crippen molar-refractivity contribution in [2.45, 2.75) is 32.4 Å². The number of likely N-dealkylation sites (tertiary alicyclic amines) is 1. The first-order valence-electron chi connectivity index (χ1n) is 10.9. The number of para-hydroxylation sites is 1. The summed E-state index contributed by atoms with van der Waals surface area (Å²) in [6.45, 7) is 3.98. The summed E-state index contributed by atoms with van der Waals surface area (Å²) in [6.07, 6.45) is 4.52. The van der Waals surface area contributed by atoms with E-state index in [0.29, 0.717) is 35.6 Å². The van der Waals surface area contributed by atoms with Gasteiger partial charge in [0.2, 0.25) is 0 Å². The van der Waals surface area contributed by atoms with Crippen LogP contribution in [0.25, 0.3) is 11.0 Å². The Morgan fingerprint density at radius 1 is 0.939 bits per heavy atom.